The predicted molar refractivity (Wildman–Crippen MR) is 115 cm³/mol. The van der Waals surface area contributed by atoms with E-state index in [-0.39, 0.29) is 11.8 Å². The minimum atomic E-state index is -0.157. The Bertz CT molecular complexity index is 1070. The highest BCUT2D eigenvalue weighted by atomic mass is 79.9. The molecule has 1 aliphatic rings. The molecule has 0 saturated carbocycles. The van der Waals surface area contributed by atoms with Gasteiger partial charge in [-0.15, -0.1) is 0 Å². The molecule has 0 aliphatic carbocycles. The zero-order valence-electron chi connectivity index (χ0n) is 16.7. The summed E-state index contributed by atoms with van der Waals surface area (Å²) in [6, 6.07) is 7.43. The van der Waals surface area contributed by atoms with Crippen LogP contribution in [0.1, 0.15) is 32.2 Å². The van der Waals surface area contributed by atoms with Crippen LogP contribution < -0.4 is 0 Å². The van der Waals surface area contributed by atoms with Gasteiger partial charge in [0.2, 0.25) is 0 Å². The van der Waals surface area contributed by atoms with Crippen LogP contribution in [0.5, 0.6) is 0 Å². The molecule has 3 heterocycles. The van der Waals surface area contributed by atoms with Crippen LogP contribution in [-0.2, 0) is 0 Å². The summed E-state index contributed by atoms with van der Waals surface area (Å²) in [5, 5.41) is 4.52. The van der Waals surface area contributed by atoms with Crippen LogP contribution in [0.15, 0.2) is 47.3 Å². The molecule has 1 saturated heterocycles. The van der Waals surface area contributed by atoms with E-state index >= 15 is 0 Å². The van der Waals surface area contributed by atoms with E-state index in [9.17, 15) is 9.59 Å². The molecular formula is C21H21BrN6O2. The molecule has 4 rings (SSSR count). The van der Waals surface area contributed by atoms with Gasteiger partial charge < -0.3 is 9.80 Å². The lowest BCUT2D eigenvalue weighted by atomic mass is 10.1. The summed E-state index contributed by atoms with van der Waals surface area (Å²) >= 11 is 3.54. The molecule has 2 aromatic heterocycles. The van der Waals surface area contributed by atoms with Gasteiger partial charge in [0.1, 0.15) is 5.69 Å². The molecule has 0 N–H and O–H groups in total. The van der Waals surface area contributed by atoms with E-state index in [1.54, 1.807) is 9.80 Å². The number of hydrogen-bond acceptors (Lipinski definition) is 5. The van der Waals surface area contributed by atoms with Crippen LogP contribution in [0.4, 0.5) is 0 Å². The molecule has 0 bridgehead atoms. The van der Waals surface area contributed by atoms with Gasteiger partial charge in [-0.25, -0.2) is 9.67 Å². The molecular weight excluding hydrogens is 448 g/mol. The number of amides is 2. The lowest BCUT2D eigenvalue weighted by Gasteiger charge is -2.34. The first-order valence-electron chi connectivity index (χ1n) is 9.62. The average Bonchev–Trinajstić information content (AvgIpc) is 3.06. The third-order valence-corrected chi connectivity index (χ3v) is 6.35. The van der Waals surface area contributed by atoms with Crippen molar-refractivity contribution in [3.05, 3.63) is 70.0 Å². The highest BCUT2D eigenvalue weighted by Crippen LogP contribution is 2.23. The normalized spacial score (nSPS) is 14.1. The van der Waals surface area contributed by atoms with Crippen molar-refractivity contribution in [1.82, 2.24) is 29.5 Å². The summed E-state index contributed by atoms with van der Waals surface area (Å²) in [6.07, 6.45) is 4.50. The van der Waals surface area contributed by atoms with E-state index in [0.717, 1.165) is 21.5 Å². The third kappa shape index (κ3) is 3.85. The van der Waals surface area contributed by atoms with Crippen molar-refractivity contribution in [3.63, 3.8) is 0 Å². The van der Waals surface area contributed by atoms with Gasteiger partial charge in [0.15, 0.2) is 0 Å². The highest BCUT2D eigenvalue weighted by molar-refractivity contribution is 9.10. The molecule has 1 aliphatic heterocycles. The molecule has 3 aromatic rings. The number of aryl methyl sites for hydroxylation is 1. The van der Waals surface area contributed by atoms with E-state index < -0.39 is 0 Å². The molecule has 0 unspecified atom stereocenters. The number of benzene rings is 1. The maximum atomic E-state index is 12.9. The van der Waals surface area contributed by atoms with Crippen LogP contribution in [-0.4, -0.2) is 67.5 Å². The van der Waals surface area contributed by atoms with Crippen LogP contribution in [0.2, 0.25) is 0 Å². The van der Waals surface area contributed by atoms with Crippen molar-refractivity contribution in [1.29, 1.82) is 0 Å². The molecule has 0 radical (unpaired) electrons. The molecule has 30 heavy (non-hydrogen) atoms. The molecule has 154 valence electrons. The van der Waals surface area contributed by atoms with Gasteiger partial charge in [-0.1, -0.05) is 0 Å². The summed E-state index contributed by atoms with van der Waals surface area (Å²) in [5.41, 5.74) is 3.77. The topological polar surface area (TPSA) is 84.2 Å². The minimum absolute atomic E-state index is 0.0392. The third-order valence-electron chi connectivity index (χ3n) is 5.20. The Morgan fingerprint density at radius 1 is 0.933 bits per heavy atom. The monoisotopic (exact) mass is 468 g/mol. The van der Waals surface area contributed by atoms with Gasteiger partial charge in [-0.05, 0) is 54.0 Å². The van der Waals surface area contributed by atoms with Crippen molar-refractivity contribution in [2.45, 2.75) is 13.8 Å². The molecule has 1 fully saturated rings. The lowest BCUT2D eigenvalue weighted by molar-refractivity contribution is 0.0532. The SMILES string of the molecule is Cc1nn(-c2ccc(C(=O)N3CCN(C(=O)c4cnccn4)CC3)cc2)c(C)c1Br. The molecule has 8 nitrogen and oxygen atoms in total. The predicted octanol–water partition coefficient (Wildman–Crippen LogP) is 2.64. The number of nitrogens with zero attached hydrogens (tertiary/aromatic N) is 6. The largest absolute Gasteiger partial charge is 0.335 e. The van der Waals surface area contributed by atoms with Crippen molar-refractivity contribution in [3.8, 4) is 5.69 Å². The number of rotatable bonds is 3. The molecule has 0 atom stereocenters. The van der Waals surface area contributed by atoms with E-state index in [0.29, 0.717) is 37.4 Å². The van der Waals surface area contributed by atoms with Crippen molar-refractivity contribution in [2.24, 2.45) is 0 Å². The fourth-order valence-electron chi connectivity index (χ4n) is 3.49. The Morgan fingerprint density at radius 3 is 2.10 bits per heavy atom. The van der Waals surface area contributed by atoms with Gasteiger partial charge >= 0.3 is 0 Å². The Hall–Kier alpha value is -3.07. The van der Waals surface area contributed by atoms with Crippen molar-refractivity contribution < 1.29 is 9.59 Å². The molecule has 9 heteroatoms. The second-order valence-corrected chi connectivity index (χ2v) is 7.91. The van der Waals surface area contributed by atoms with E-state index in [1.807, 2.05) is 42.8 Å². The van der Waals surface area contributed by atoms with Crippen LogP contribution in [0.25, 0.3) is 5.69 Å². The number of carbonyl (C=O) groups excluding carboxylic acids is 2. The Labute approximate surface area is 182 Å². The lowest BCUT2D eigenvalue weighted by Crippen LogP contribution is -2.50. The van der Waals surface area contributed by atoms with Crippen molar-refractivity contribution in [2.75, 3.05) is 26.2 Å². The first-order valence-corrected chi connectivity index (χ1v) is 10.4. The van der Waals surface area contributed by atoms with Gasteiger partial charge in [0.05, 0.1) is 27.7 Å². The molecule has 2 amide bonds. The number of hydrogen-bond donors (Lipinski definition) is 0. The first kappa shape index (κ1) is 20.2. The summed E-state index contributed by atoms with van der Waals surface area (Å²) < 4.78 is 2.83. The van der Waals surface area contributed by atoms with E-state index in [1.165, 1.54) is 18.6 Å². The summed E-state index contributed by atoms with van der Waals surface area (Å²) in [6.45, 7) is 5.84. The number of aromatic nitrogens is 4. The second-order valence-electron chi connectivity index (χ2n) is 7.12. The number of carbonyl (C=O) groups is 2. The zero-order valence-corrected chi connectivity index (χ0v) is 18.3. The summed E-state index contributed by atoms with van der Waals surface area (Å²) in [4.78, 5) is 36.8. The Morgan fingerprint density at radius 2 is 1.57 bits per heavy atom. The van der Waals surface area contributed by atoms with Crippen LogP contribution in [0.3, 0.4) is 0 Å². The smallest absolute Gasteiger partial charge is 0.274 e. The maximum absolute atomic E-state index is 12.9. The van der Waals surface area contributed by atoms with Gasteiger partial charge in [0.25, 0.3) is 11.8 Å². The second kappa shape index (κ2) is 8.35. The average molecular weight is 469 g/mol. The van der Waals surface area contributed by atoms with Crippen molar-refractivity contribution >= 4 is 27.7 Å². The standard InChI is InChI=1S/C21H21BrN6O2/c1-14-19(22)15(2)28(25-14)17-5-3-16(4-6-17)20(29)26-9-11-27(12-10-26)21(30)18-13-23-7-8-24-18/h3-8,13H,9-12H2,1-2H3. The summed E-state index contributed by atoms with van der Waals surface area (Å²) in [5.74, 6) is -0.196. The number of piperazine rings is 1. The fraction of sp³-hybridized carbons (Fsp3) is 0.286. The fourth-order valence-corrected chi connectivity index (χ4v) is 3.73. The Kier molecular flexibility index (Phi) is 5.63. The first-order chi connectivity index (χ1) is 14.5. The molecule has 1 aromatic carbocycles. The quantitative estimate of drug-likeness (QED) is 0.589. The minimum Gasteiger partial charge on any atom is -0.335 e. The number of halogens is 1. The van der Waals surface area contributed by atoms with E-state index in [2.05, 4.69) is 31.0 Å². The summed E-state index contributed by atoms with van der Waals surface area (Å²) in [7, 11) is 0. The van der Waals surface area contributed by atoms with Crippen LogP contribution in [0, 0.1) is 13.8 Å². The zero-order chi connectivity index (χ0) is 21.3. The maximum Gasteiger partial charge on any atom is 0.274 e. The van der Waals surface area contributed by atoms with Gasteiger partial charge in [0, 0.05) is 44.1 Å². The van der Waals surface area contributed by atoms with Gasteiger partial charge in [-0.2, -0.15) is 5.10 Å². The van der Waals surface area contributed by atoms with E-state index in [4.69, 9.17) is 0 Å². The van der Waals surface area contributed by atoms with Gasteiger partial charge in [-0.3, -0.25) is 14.6 Å². The molecule has 0 spiro atoms. The Balaban J connectivity index is 1.41. The highest BCUT2D eigenvalue weighted by Gasteiger charge is 2.26. The van der Waals surface area contributed by atoms with Crippen LogP contribution >= 0.6 is 15.9 Å².